The first-order valence-corrected chi connectivity index (χ1v) is 10.1. The Balaban J connectivity index is 1.90. The van der Waals surface area contributed by atoms with E-state index in [2.05, 4.69) is 41.6 Å². The molecule has 1 saturated heterocycles. The second-order valence-electron chi connectivity index (χ2n) is 6.22. The van der Waals surface area contributed by atoms with E-state index < -0.39 is 0 Å². The summed E-state index contributed by atoms with van der Waals surface area (Å²) in [5.74, 6) is 0.480. The molecule has 2 heterocycles. The lowest BCUT2D eigenvalue weighted by molar-refractivity contribution is 0.0786. The number of rotatable bonds is 5. The normalized spacial score (nSPS) is 16.2. The maximum Gasteiger partial charge on any atom is 0.267 e. The molecule has 1 aromatic carbocycles. The number of halogens is 1. The number of H-pyrrole nitrogens is 1. The molecule has 0 spiro atoms. The van der Waals surface area contributed by atoms with Crippen LogP contribution >= 0.6 is 23.4 Å². The highest BCUT2D eigenvalue weighted by atomic mass is 35.5. The van der Waals surface area contributed by atoms with Gasteiger partial charge in [0.25, 0.3) is 5.56 Å². The standard InChI is InChI=1S/C20H22ClNO2S/c1-25-17-4-2-14(3-5-17)12-16(13-15-8-10-24-11-9-15)19-7-6-18(21)20(23)22-19/h2-7,13,15H,8-12H2,1H3,(H,22,23)/b16-13+. The Hall–Kier alpha value is -1.49. The molecule has 0 saturated carbocycles. The average molecular weight is 376 g/mol. The van der Waals surface area contributed by atoms with Crippen LogP contribution < -0.4 is 5.56 Å². The maximum absolute atomic E-state index is 11.9. The summed E-state index contributed by atoms with van der Waals surface area (Å²) in [5.41, 5.74) is 2.97. The summed E-state index contributed by atoms with van der Waals surface area (Å²) in [4.78, 5) is 16.1. The number of nitrogens with one attached hydrogen (secondary N) is 1. The van der Waals surface area contributed by atoms with Crippen molar-refractivity contribution < 1.29 is 4.74 Å². The summed E-state index contributed by atoms with van der Waals surface area (Å²) in [5, 5.41) is 0.221. The van der Waals surface area contributed by atoms with Gasteiger partial charge in [-0.3, -0.25) is 4.79 Å². The number of benzene rings is 1. The minimum atomic E-state index is -0.241. The van der Waals surface area contributed by atoms with Crippen LogP contribution in [0.25, 0.3) is 5.57 Å². The Kier molecular flexibility index (Phi) is 6.40. The number of aromatic nitrogens is 1. The predicted molar refractivity (Wildman–Crippen MR) is 106 cm³/mol. The lowest BCUT2D eigenvalue weighted by Crippen LogP contribution is -2.15. The number of ether oxygens (including phenoxy) is 1. The first kappa shape index (κ1) is 18.3. The van der Waals surface area contributed by atoms with E-state index in [9.17, 15) is 4.79 Å². The highest BCUT2D eigenvalue weighted by molar-refractivity contribution is 7.98. The minimum absolute atomic E-state index is 0.221. The Labute approximate surface area is 157 Å². The van der Waals surface area contributed by atoms with Crippen LogP contribution in [0.5, 0.6) is 0 Å². The summed E-state index contributed by atoms with van der Waals surface area (Å²) < 4.78 is 5.46. The van der Waals surface area contributed by atoms with E-state index >= 15 is 0 Å². The van der Waals surface area contributed by atoms with Crippen molar-refractivity contribution >= 4 is 28.9 Å². The predicted octanol–water partition coefficient (Wildman–Crippen LogP) is 4.80. The van der Waals surface area contributed by atoms with Gasteiger partial charge in [-0.05, 0) is 66.8 Å². The molecular weight excluding hydrogens is 354 g/mol. The summed E-state index contributed by atoms with van der Waals surface area (Å²) >= 11 is 7.62. The molecule has 132 valence electrons. The molecule has 1 fully saturated rings. The van der Waals surface area contributed by atoms with Crippen molar-refractivity contribution in [1.29, 1.82) is 0 Å². The molecule has 1 aliphatic heterocycles. The van der Waals surface area contributed by atoms with Crippen LogP contribution in [0.1, 0.15) is 24.1 Å². The Morgan fingerprint density at radius 2 is 1.96 bits per heavy atom. The van der Waals surface area contributed by atoms with Gasteiger partial charge in [0.2, 0.25) is 0 Å². The highest BCUT2D eigenvalue weighted by Gasteiger charge is 2.14. The molecular formula is C20H22ClNO2S. The Morgan fingerprint density at radius 3 is 2.60 bits per heavy atom. The van der Waals surface area contributed by atoms with E-state index in [-0.39, 0.29) is 10.6 Å². The van der Waals surface area contributed by atoms with E-state index in [4.69, 9.17) is 16.3 Å². The fourth-order valence-corrected chi connectivity index (χ4v) is 3.54. The van der Waals surface area contributed by atoms with Gasteiger partial charge in [-0.2, -0.15) is 0 Å². The van der Waals surface area contributed by atoms with E-state index in [1.165, 1.54) is 10.5 Å². The van der Waals surface area contributed by atoms with Crippen molar-refractivity contribution in [3.8, 4) is 0 Å². The van der Waals surface area contributed by atoms with Crippen LogP contribution in [0, 0.1) is 5.92 Å². The van der Waals surface area contributed by atoms with Gasteiger partial charge in [0, 0.05) is 23.8 Å². The number of hydrogen-bond donors (Lipinski definition) is 1. The van der Waals surface area contributed by atoms with E-state index in [0.717, 1.165) is 43.7 Å². The van der Waals surface area contributed by atoms with Crippen molar-refractivity contribution in [3.63, 3.8) is 0 Å². The third-order valence-corrected chi connectivity index (χ3v) is 5.51. The van der Waals surface area contributed by atoms with E-state index in [1.807, 2.05) is 6.07 Å². The van der Waals surface area contributed by atoms with Gasteiger partial charge in [-0.25, -0.2) is 0 Å². The molecule has 1 aliphatic rings. The molecule has 0 bridgehead atoms. The van der Waals surface area contributed by atoms with Gasteiger partial charge < -0.3 is 9.72 Å². The van der Waals surface area contributed by atoms with Crippen molar-refractivity contribution in [1.82, 2.24) is 4.98 Å². The van der Waals surface area contributed by atoms with Crippen molar-refractivity contribution in [2.45, 2.75) is 24.2 Å². The first-order valence-electron chi connectivity index (χ1n) is 8.46. The lowest BCUT2D eigenvalue weighted by Gasteiger charge is -2.20. The fraction of sp³-hybridized carbons (Fsp3) is 0.350. The van der Waals surface area contributed by atoms with Gasteiger partial charge in [0.15, 0.2) is 0 Å². The average Bonchev–Trinajstić information content (AvgIpc) is 2.65. The van der Waals surface area contributed by atoms with Gasteiger partial charge >= 0.3 is 0 Å². The third-order valence-electron chi connectivity index (χ3n) is 4.46. The molecule has 0 aliphatic carbocycles. The monoisotopic (exact) mass is 375 g/mol. The van der Waals surface area contributed by atoms with Crippen molar-refractivity contribution in [2.75, 3.05) is 19.5 Å². The van der Waals surface area contributed by atoms with Gasteiger partial charge in [0.1, 0.15) is 5.02 Å². The summed E-state index contributed by atoms with van der Waals surface area (Å²) in [7, 11) is 0. The fourth-order valence-electron chi connectivity index (χ4n) is 3.02. The van der Waals surface area contributed by atoms with E-state index in [1.54, 1.807) is 17.8 Å². The highest BCUT2D eigenvalue weighted by Crippen LogP contribution is 2.25. The zero-order valence-electron chi connectivity index (χ0n) is 14.3. The lowest BCUT2D eigenvalue weighted by atomic mass is 9.93. The smallest absolute Gasteiger partial charge is 0.267 e. The number of aromatic amines is 1. The first-order chi connectivity index (χ1) is 12.2. The van der Waals surface area contributed by atoms with Crippen LogP contribution in [0.2, 0.25) is 5.02 Å². The van der Waals surface area contributed by atoms with Crippen LogP contribution in [0.4, 0.5) is 0 Å². The molecule has 0 atom stereocenters. The number of pyridine rings is 1. The van der Waals surface area contributed by atoms with Crippen LogP contribution in [0.15, 0.2) is 52.2 Å². The Morgan fingerprint density at radius 1 is 1.24 bits per heavy atom. The minimum Gasteiger partial charge on any atom is -0.381 e. The van der Waals surface area contributed by atoms with Crippen LogP contribution in [-0.2, 0) is 11.2 Å². The number of allylic oxidation sites excluding steroid dienone is 2. The van der Waals surface area contributed by atoms with Crippen LogP contribution in [-0.4, -0.2) is 24.5 Å². The summed E-state index contributed by atoms with van der Waals surface area (Å²) in [6, 6.07) is 12.1. The largest absolute Gasteiger partial charge is 0.381 e. The quantitative estimate of drug-likeness (QED) is 0.763. The molecule has 2 aromatic rings. The molecule has 0 radical (unpaired) electrons. The molecule has 3 rings (SSSR count). The van der Waals surface area contributed by atoms with Crippen molar-refractivity contribution in [3.05, 3.63) is 69.1 Å². The van der Waals surface area contributed by atoms with Crippen molar-refractivity contribution in [2.24, 2.45) is 5.92 Å². The molecule has 0 unspecified atom stereocenters. The summed E-state index contributed by atoms with van der Waals surface area (Å²) in [6.07, 6.45) is 7.19. The topological polar surface area (TPSA) is 42.1 Å². The molecule has 25 heavy (non-hydrogen) atoms. The molecule has 0 amide bonds. The molecule has 3 nitrogen and oxygen atoms in total. The zero-order valence-corrected chi connectivity index (χ0v) is 15.8. The molecule has 5 heteroatoms. The molecule has 1 N–H and O–H groups in total. The van der Waals surface area contributed by atoms with Gasteiger partial charge in [-0.15, -0.1) is 11.8 Å². The zero-order chi connectivity index (χ0) is 17.6. The molecule has 1 aromatic heterocycles. The second-order valence-corrected chi connectivity index (χ2v) is 7.50. The number of thioether (sulfide) groups is 1. The van der Waals surface area contributed by atoms with Crippen LogP contribution in [0.3, 0.4) is 0 Å². The van der Waals surface area contributed by atoms with Gasteiger partial charge in [0.05, 0.1) is 0 Å². The van der Waals surface area contributed by atoms with Gasteiger partial charge in [-0.1, -0.05) is 29.8 Å². The Bertz CT molecular complexity index is 792. The van der Waals surface area contributed by atoms with E-state index in [0.29, 0.717) is 5.92 Å². The second kappa shape index (κ2) is 8.75. The summed E-state index contributed by atoms with van der Waals surface area (Å²) in [6.45, 7) is 1.60. The SMILES string of the molecule is CSc1ccc(C/C(=C\C2CCOCC2)c2ccc(Cl)c(=O)[nH]2)cc1. The number of hydrogen-bond acceptors (Lipinski definition) is 3. The maximum atomic E-state index is 11.9. The third kappa shape index (κ3) is 5.00.